The molecule has 0 bridgehead atoms. The first kappa shape index (κ1) is 16.3. The summed E-state index contributed by atoms with van der Waals surface area (Å²) < 4.78 is 0. The largest absolute Gasteiger partial charge is 0.357 e. The van der Waals surface area contributed by atoms with Crippen molar-refractivity contribution in [3.63, 3.8) is 0 Å². The van der Waals surface area contributed by atoms with Crippen molar-refractivity contribution in [2.45, 2.75) is 45.2 Å². The van der Waals surface area contributed by atoms with E-state index in [2.05, 4.69) is 52.0 Å². The first-order chi connectivity index (χ1) is 10.3. The summed E-state index contributed by atoms with van der Waals surface area (Å²) in [4.78, 5) is 8.43. The minimum Gasteiger partial charge on any atom is -0.357 e. The van der Waals surface area contributed by atoms with Crippen LogP contribution < -0.4 is 10.6 Å². The van der Waals surface area contributed by atoms with Crippen LogP contribution in [-0.2, 0) is 6.54 Å². The van der Waals surface area contributed by atoms with E-state index in [4.69, 9.17) is 0 Å². The maximum absolute atomic E-state index is 4.64. The fraction of sp³-hybridized carbons (Fsp3) is 0.688. The van der Waals surface area contributed by atoms with Gasteiger partial charge in [-0.25, -0.2) is 4.99 Å². The van der Waals surface area contributed by atoms with Crippen molar-refractivity contribution >= 4 is 17.3 Å². The predicted molar refractivity (Wildman–Crippen MR) is 92.0 cm³/mol. The molecule has 1 aromatic heterocycles. The number of aliphatic imine (C=N–C) groups is 1. The third kappa shape index (κ3) is 5.67. The summed E-state index contributed by atoms with van der Waals surface area (Å²) in [5, 5.41) is 8.85. The molecule has 0 unspecified atom stereocenters. The Morgan fingerprint density at radius 2 is 2.19 bits per heavy atom. The van der Waals surface area contributed by atoms with E-state index in [1.165, 1.54) is 30.6 Å². The number of nitrogens with one attached hydrogen (secondary N) is 2. The second-order valence-electron chi connectivity index (χ2n) is 5.62. The van der Waals surface area contributed by atoms with Crippen molar-refractivity contribution < 1.29 is 0 Å². The highest BCUT2D eigenvalue weighted by Gasteiger charge is 2.18. The Morgan fingerprint density at radius 1 is 1.38 bits per heavy atom. The molecule has 2 rings (SSSR count). The van der Waals surface area contributed by atoms with Crippen LogP contribution in [0, 0.1) is 0 Å². The van der Waals surface area contributed by atoms with Gasteiger partial charge in [-0.3, -0.25) is 0 Å². The molecule has 21 heavy (non-hydrogen) atoms. The molecule has 1 fully saturated rings. The third-order valence-electron chi connectivity index (χ3n) is 4.02. The van der Waals surface area contributed by atoms with E-state index in [-0.39, 0.29) is 0 Å². The molecule has 0 radical (unpaired) electrons. The Hall–Kier alpha value is -1.07. The molecule has 0 aromatic carbocycles. The van der Waals surface area contributed by atoms with Gasteiger partial charge in [0, 0.05) is 30.6 Å². The van der Waals surface area contributed by atoms with Gasteiger partial charge in [-0.1, -0.05) is 18.9 Å². The Kier molecular flexibility index (Phi) is 7.03. The highest BCUT2D eigenvalue weighted by atomic mass is 32.1. The van der Waals surface area contributed by atoms with Crippen LogP contribution in [0.5, 0.6) is 0 Å². The van der Waals surface area contributed by atoms with Crippen molar-refractivity contribution in [2.75, 3.05) is 26.7 Å². The molecule has 1 aliphatic carbocycles. The zero-order valence-electron chi connectivity index (χ0n) is 13.3. The van der Waals surface area contributed by atoms with Gasteiger partial charge < -0.3 is 15.5 Å². The molecule has 0 amide bonds. The lowest BCUT2D eigenvalue weighted by Gasteiger charge is -2.24. The van der Waals surface area contributed by atoms with Gasteiger partial charge in [0.25, 0.3) is 0 Å². The van der Waals surface area contributed by atoms with Gasteiger partial charge in [-0.05, 0) is 38.3 Å². The van der Waals surface area contributed by atoms with E-state index < -0.39 is 0 Å². The molecule has 0 aliphatic heterocycles. The van der Waals surface area contributed by atoms with E-state index in [1.54, 1.807) is 11.3 Å². The van der Waals surface area contributed by atoms with E-state index >= 15 is 0 Å². The van der Waals surface area contributed by atoms with Crippen LogP contribution in [0.3, 0.4) is 0 Å². The summed E-state index contributed by atoms with van der Waals surface area (Å²) in [5.41, 5.74) is 0. The number of thiophene rings is 1. The van der Waals surface area contributed by atoms with E-state index in [9.17, 15) is 0 Å². The molecule has 4 nitrogen and oxygen atoms in total. The molecule has 118 valence electrons. The molecule has 1 heterocycles. The van der Waals surface area contributed by atoms with Crippen LogP contribution in [0.25, 0.3) is 0 Å². The standard InChI is InChI=1S/C16H28N4S/c1-3-17-16(19-13-15-9-6-12-21-15)18-10-11-20(2)14-7-4-5-8-14/h6,9,12,14H,3-5,7-8,10-11,13H2,1-2H3,(H2,17,18,19). The van der Waals surface area contributed by atoms with Crippen LogP contribution in [0.4, 0.5) is 0 Å². The van der Waals surface area contributed by atoms with Crippen molar-refractivity contribution in [3.05, 3.63) is 22.4 Å². The van der Waals surface area contributed by atoms with Crippen LogP contribution in [0.15, 0.2) is 22.5 Å². The lowest BCUT2D eigenvalue weighted by Crippen LogP contribution is -2.42. The fourth-order valence-corrected chi connectivity index (χ4v) is 3.41. The maximum atomic E-state index is 4.64. The maximum Gasteiger partial charge on any atom is 0.191 e. The van der Waals surface area contributed by atoms with Crippen molar-refractivity contribution in [2.24, 2.45) is 4.99 Å². The second kappa shape index (κ2) is 9.05. The normalized spacial score (nSPS) is 16.6. The van der Waals surface area contributed by atoms with Crippen molar-refractivity contribution in [1.82, 2.24) is 15.5 Å². The molecule has 0 spiro atoms. The van der Waals surface area contributed by atoms with Crippen LogP contribution in [0.1, 0.15) is 37.5 Å². The number of hydrogen-bond acceptors (Lipinski definition) is 3. The Morgan fingerprint density at radius 3 is 2.86 bits per heavy atom. The molecule has 1 saturated carbocycles. The monoisotopic (exact) mass is 308 g/mol. The Balaban J connectivity index is 1.72. The molecule has 0 atom stereocenters. The molecule has 1 aromatic rings. The van der Waals surface area contributed by atoms with E-state index in [0.717, 1.165) is 38.2 Å². The minimum atomic E-state index is 0.755. The smallest absolute Gasteiger partial charge is 0.191 e. The van der Waals surface area contributed by atoms with Crippen LogP contribution >= 0.6 is 11.3 Å². The van der Waals surface area contributed by atoms with Crippen LogP contribution in [0.2, 0.25) is 0 Å². The summed E-state index contributed by atoms with van der Waals surface area (Å²) in [6.07, 6.45) is 5.52. The molecular weight excluding hydrogens is 280 g/mol. The van der Waals surface area contributed by atoms with Gasteiger partial charge in [0.05, 0.1) is 6.54 Å². The average Bonchev–Trinajstić information content (AvgIpc) is 3.17. The Bertz CT molecular complexity index is 410. The lowest BCUT2D eigenvalue weighted by molar-refractivity contribution is 0.249. The van der Waals surface area contributed by atoms with Crippen LogP contribution in [-0.4, -0.2) is 43.6 Å². The van der Waals surface area contributed by atoms with Gasteiger partial charge in [0.1, 0.15) is 0 Å². The summed E-state index contributed by atoms with van der Waals surface area (Å²) in [6.45, 7) is 5.78. The minimum absolute atomic E-state index is 0.755. The number of guanidine groups is 1. The molecule has 0 saturated heterocycles. The van der Waals surface area contributed by atoms with Gasteiger partial charge in [0.2, 0.25) is 0 Å². The third-order valence-corrected chi connectivity index (χ3v) is 4.88. The molecule has 2 N–H and O–H groups in total. The van der Waals surface area contributed by atoms with Gasteiger partial charge in [-0.15, -0.1) is 11.3 Å². The summed E-state index contributed by atoms with van der Waals surface area (Å²) in [7, 11) is 2.24. The van der Waals surface area contributed by atoms with Crippen molar-refractivity contribution in [1.29, 1.82) is 0 Å². The van der Waals surface area contributed by atoms with Crippen molar-refractivity contribution in [3.8, 4) is 0 Å². The number of likely N-dealkylation sites (N-methyl/N-ethyl adjacent to an activating group) is 1. The summed E-state index contributed by atoms with van der Waals surface area (Å²) in [5.74, 6) is 0.922. The fourth-order valence-electron chi connectivity index (χ4n) is 2.78. The summed E-state index contributed by atoms with van der Waals surface area (Å²) in [6, 6.07) is 5.00. The topological polar surface area (TPSA) is 39.7 Å². The van der Waals surface area contributed by atoms with E-state index in [1.807, 2.05) is 0 Å². The molecular formula is C16H28N4S. The average molecular weight is 308 g/mol. The molecule has 1 aliphatic rings. The highest BCUT2D eigenvalue weighted by Crippen LogP contribution is 2.21. The van der Waals surface area contributed by atoms with Gasteiger partial charge in [0.15, 0.2) is 5.96 Å². The zero-order chi connectivity index (χ0) is 14.9. The van der Waals surface area contributed by atoms with Gasteiger partial charge >= 0.3 is 0 Å². The number of nitrogens with zero attached hydrogens (tertiary/aromatic N) is 2. The first-order valence-electron chi connectivity index (χ1n) is 8.04. The number of rotatable bonds is 7. The SMILES string of the molecule is CCNC(=NCc1cccs1)NCCN(C)C1CCCC1. The van der Waals surface area contributed by atoms with Gasteiger partial charge in [-0.2, -0.15) is 0 Å². The molecule has 5 heteroatoms. The zero-order valence-corrected chi connectivity index (χ0v) is 14.1. The van der Waals surface area contributed by atoms with E-state index in [0.29, 0.717) is 0 Å². The quantitative estimate of drug-likeness (QED) is 0.601. The number of hydrogen-bond donors (Lipinski definition) is 2. The predicted octanol–water partition coefficient (Wildman–Crippen LogP) is 2.68. The Labute approximate surface area is 132 Å². The first-order valence-corrected chi connectivity index (χ1v) is 8.92. The second-order valence-corrected chi connectivity index (χ2v) is 6.65. The summed E-state index contributed by atoms with van der Waals surface area (Å²) >= 11 is 1.76. The lowest BCUT2D eigenvalue weighted by atomic mass is 10.2. The highest BCUT2D eigenvalue weighted by molar-refractivity contribution is 7.09.